The number of halogens is 1. The standard InChI is InChI=1S/C22H18FN5O3/c1-2-31-22(30)18-12-14-28(26-18)20-10-6-4-8-16(20)24-21(29)17-11-13-27(25-17)19-9-5-3-7-15(19)23/h3-14H,2H2,1H3,(H,24,29). The molecule has 1 N–H and O–H groups in total. The minimum absolute atomic E-state index is 0.116. The normalized spacial score (nSPS) is 10.6. The monoisotopic (exact) mass is 419 g/mol. The van der Waals surface area contributed by atoms with Crippen molar-refractivity contribution in [2.24, 2.45) is 0 Å². The molecule has 4 rings (SSSR count). The molecule has 0 radical (unpaired) electrons. The zero-order valence-electron chi connectivity index (χ0n) is 16.5. The van der Waals surface area contributed by atoms with Crippen molar-refractivity contribution in [1.82, 2.24) is 19.6 Å². The quantitative estimate of drug-likeness (QED) is 0.482. The predicted molar refractivity (Wildman–Crippen MR) is 111 cm³/mol. The van der Waals surface area contributed by atoms with Gasteiger partial charge >= 0.3 is 5.97 Å². The van der Waals surface area contributed by atoms with Gasteiger partial charge in [-0.2, -0.15) is 10.2 Å². The smallest absolute Gasteiger partial charge is 0.358 e. The van der Waals surface area contributed by atoms with Gasteiger partial charge in [0.1, 0.15) is 11.5 Å². The zero-order valence-corrected chi connectivity index (χ0v) is 16.5. The Morgan fingerprint density at radius 2 is 1.52 bits per heavy atom. The number of carbonyl (C=O) groups is 2. The second kappa shape index (κ2) is 8.62. The maximum Gasteiger partial charge on any atom is 0.358 e. The zero-order chi connectivity index (χ0) is 21.8. The Labute approximate surface area is 176 Å². The first kappa shape index (κ1) is 20.0. The predicted octanol–water partition coefficient (Wildman–Crippen LogP) is 3.63. The van der Waals surface area contributed by atoms with Crippen LogP contribution in [-0.4, -0.2) is 38.0 Å². The summed E-state index contributed by atoms with van der Waals surface area (Å²) in [6.45, 7) is 1.96. The van der Waals surface area contributed by atoms with Gasteiger partial charge in [-0.3, -0.25) is 4.79 Å². The van der Waals surface area contributed by atoms with E-state index in [1.165, 1.54) is 33.8 Å². The van der Waals surface area contributed by atoms with Gasteiger partial charge in [0.2, 0.25) is 0 Å². The lowest BCUT2D eigenvalue weighted by atomic mass is 10.2. The van der Waals surface area contributed by atoms with E-state index >= 15 is 0 Å². The molecule has 0 bridgehead atoms. The molecule has 0 saturated heterocycles. The van der Waals surface area contributed by atoms with Crippen LogP contribution in [0.15, 0.2) is 73.1 Å². The van der Waals surface area contributed by atoms with Crippen LogP contribution in [0, 0.1) is 5.82 Å². The molecule has 0 spiro atoms. The first-order valence-corrected chi connectivity index (χ1v) is 9.51. The number of carbonyl (C=O) groups excluding carboxylic acids is 2. The number of hydrogen-bond acceptors (Lipinski definition) is 5. The molecule has 0 aliphatic heterocycles. The molecular formula is C22H18FN5O3. The Balaban J connectivity index is 1.57. The summed E-state index contributed by atoms with van der Waals surface area (Å²) in [4.78, 5) is 24.6. The molecule has 0 aliphatic rings. The fourth-order valence-corrected chi connectivity index (χ4v) is 2.95. The second-order valence-electron chi connectivity index (χ2n) is 6.43. The van der Waals surface area contributed by atoms with E-state index in [2.05, 4.69) is 15.5 Å². The largest absolute Gasteiger partial charge is 0.461 e. The molecular weight excluding hydrogens is 401 g/mol. The van der Waals surface area contributed by atoms with Crippen molar-refractivity contribution >= 4 is 17.6 Å². The Bertz CT molecular complexity index is 1250. The Kier molecular flexibility index (Phi) is 5.57. The lowest BCUT2D eigenvalue weighted by Crippen LogP contribution is -2.15. The maximum absolute atomic E-state index is 14.0. The van der Waals surface area contributed by atoms with Crippen LogP contribution < -0.4 is 5.32 Å². The molecule has 8 nitrogen and oxygen atoms in total. The molecule has 1 amide bonds. The van der Waals surface area contributed by atoms with Crippen LogP contribution >= 0.6 is 0 Å². The third kappa shape index (κ3) is 4.20. The van der Waals surface area contributed by atoms with Gasteiger partial charge in [0.25, 0.3) is 5.91 Å². The van der Waals surface area contributed by atoms with Gasteiger partial charge in [-0.05, 0) is 43.3 Å². The molecule has 2 aromatic heterocycles. The van der Waals surface area contributed by atoms with Gasteiger partial charge in [-0.15, -0.1) is 0 Å². The molecule has 2 heterocycles. The lowest BCUT2D eigenvalue weighted by molar-refractivity contribution is 0.0518. The van der Waals surface area contributed by atoms with Gasteiger partial charge in [-0.25, -0.2) is 18.5 Å². The molecule has 0 aliphatic carbocycles. The SMILES string of the molecule is CCOC(=O)c1ccn(-c2ccccc2NC(=O)c2ccn(-c3ccccc3F)n2)n1. The van der Waals surface area contributed by atoms with Crippen molar-refractivity contribution < 1.29 is 18.7 Å². The van der Waals surface area contributed by atoms with E-state index < -0.39 is 17.7 Å². The van der Waals surface area contributed by atoms with Gasteiger partial charge < -0.3 is 10.1 Å². The highest BCUT2D eigenvalue weighted by atomic mass is 19.1. The fraction of sp³-hybridized carbons (Fsp3) is 0.0909. The van der Waals surface area contributed by atoms with Crippen LogP contribution in [0.2, 0.25) is 0 Å². The Hall–Kier alpha value is -4.27. The van der Waals surface area contributed by atoms with Gasteiger partial charge in [0.05, 0.1) is 18.0 Å². The summed E-state index contributed by atoms with van der Waals surface area (Å²) in [5, 5.41) is 11.2. The fourth-order valence-electron chi connectivity index (χ4n) is 2.95. The molecule has 9 heteroatoms. The Morgan fingerprint density at radius 3 is 2.26 bits per heavy atom. The second-order valence-corrected chi connectivity index (χ2v) is 6.43. The summed E-state index contributed by atoms with van der Waals surface area (Å²) >= 11 is 0. The summed E-state index contributed by atoms with van der Waals surface area (Å²) in [6, 6.07) is 16.2. The first-order chi connectivity index (χ1) is 15.1. The number of nitrogens with zero attached hydrogens (tertiary/aromatic N) is 4. The summed E-state index contributed by atoms with van der Waals surface area (Å²) in [5.41, 5.74) is 1.54. The highest BCUT2D eigenvalue weighted by Crippen LogP contribution is 2.21. The van der Waals surface area contributed by atoms with Crippen molar-refractivity contribution in [2.45, 2.75) is 6.92 Å². The minimum atomic E-state index is -0.526. The molecule has 0 atom stereocenters. The number of anilines is 1. The summed E-state index contributed by atoms with van der Waals surface area (Å²) in [7, 11) is 0. The van der Waals surface area contributed by atoms with Crippen molar-refractivity contribution in [3.05, 3.63) is 90.3 Å². The van der Waals surface area contributed by atoms with Gasteiger partial charge in [0, 0.05) is 12.4 Å². The topological polar surface area (TPSA) is 91.0 Å². The third-order valence-electron chi connectivity index (χ3n) is 4.39. The number of rotatable bonds is 6. The van der Waals surface area contributed by atoms with E-state index in [1.54, 1.807) is 55.6 Å². The van der Waals surface area contributed by atoms with E-state index in [1.807, 2.05) is 0 Å². The molecule has 2 aromatic carbocycles. The van der Waals surface area contributed by atoms with Crippen LogP contribution in [0.4, 0.5) is 10.1 Å². The third-order valence-corrected chi connectivity index (χ3v) is 4.39. The van der Waals surface area contributed by atoms with Crippen molar-refractivity contribution in [3.8, 4) is 11.4 Å². The van der Waals surface area contributed by atoms with Crippen LogP contribution in [0.5, 0.6) is 0 Å². The number of nitrogens with one attached hydrogen (secondary N) is 1. The number of para-hydroxylation sites is 3. The summed E-state index contributed by atoms with van der Waals surface area (Å²) < 4.78 is 21.7. The average Bonchev–Trinajstić information content (AvgIpc) is 3.45. The minimum Gasteiger partial charge on any atom is -0.461 e. The summed E-state index contributed by atoms with van der Waals surface area (Å²) in [5.74, 6) is -1.44. The Morgan fingerprint density at radius 1 is 0.903 bits per heavy atom. The van der Waals surface area contributed by atoms with Gasteiger partial charge in [0.15, 0.2) is 11.4 Å². The molecule has 0 saturated carbocycles. The van der Waals surface area contributed by atoms with Gasteiger partial charge in [-0.1, -0.05) is 24.3 Å². The highest BCUT2D eigenvalue weighted by Gasteiger charge is 2.16. The molecule has 4 aromatic rings. The number of amides is 1. The summed E-state index contributed by atoms with van der Waals surface area (Å²) in [6.07, 6.45) is 3.11. The van der Waals surface area contributed by atoms with E-state index in [9.17, 15) is 14.0 Å². The average molecular weight is 419 g/mol. The lowest BCUT2D eigenvalue weighted by Gasteiger charge is -2.10. The molecule has 31 heavy (non-hydrogen) atoms. The number of esters is 1. The van der Waals surface area contributed by atoms with E-state index in [-0.39, 0.29) is 23.7 Å². The molecule has 0 unspecified atom stereocenters. The van der Waals surface area contributed by atoms with Crippen molar-refractivity contribution in [2.75, 3.05) is 11.9 Å². The number of aromatic nitrogens is 4. The van der Waals surface area contributed by atoms with E-state index in [4.69, 9.17) is 4.74 Å². The van der Waals surface area contributed by atoms with Crippen LogP contribution in [-0.2, 0) is 4.74 Å². The maximum atomic E-state index is 14.0. The molecule has 156 valence electrons. The van der Waals surface area contributed by atoms with Crippen LogP contribution in [0.1, 0.15) is 27.9 Å². The molecule has 0 fully saturated rings. The van der Waals surface area contributed by atoms with E-state index in [0.29, 0.717) is 11.4 Å². The van der Waals surface area contributed by atoms with Crippen molar-refractivity contribution in [1.29, 1.82) is 0 Å². The highest BCUT2D eigenvalue weighted by molar-refractivity contribution is 6.04. The van der Waals surface area contributed by atoms with Crippen LogP contribution in [0.25, 0.3) is 11.4 Å². The van der Waals surface area contributed by atoms with Crippen molar-refractivity contribution in [3.63, 3.8) is 0 Å². The number of hydrogen-bond donors (Lipinski definition) is 1. The number of benzene rings is 2. The first-order valence-electron chi connectivity index (χ1n) is 9.51. The number of ether oxygens (including phenoxy) is 1. The van der Waals surface area contributed by atoms with E-state index in [0.717, 1.165) is 0 Å². The van der Waals surface area contributed by atoms with Crippen LogP contribution in [0.3, 0.4) is 0 Å².